The van der Waals surface area contributed by atoms with Crippen LogP contribution < -0.4 is 5.56 Å². The zero-order valence-corrected chi connectivity index (χ0v) is 18.8. The summed E-state index contributed by atoms with van der Waals surface area (Å²) in [5.74, 6) is -1.96. The number of nitriles is 1. The predicted molar refractivity (Wildman–Crippen MR) is 120 cm³/mol. The minimum Gasteiger partial charge on any atom is -0.493 e. The number of ether oxygens (including phenoxy) is 3. The van der Waals surface area contributed by atoms with Crippen molar-refractivity contribution in [2.24, 2.45) is 10.2 Å². The smallest absolute Gasteiger partial charge is 0.338 e. The lowest BCUT2D eigenvalue weighted by molar-refractivity contribution is -0.144. The third kappa shape index (κ3) is 6.60. The van der Waals surface area contributed by atoms with Gasteiger partial charge in [0.15, 0.2) is 5.69 Å². The molecule has 1 heterocycles. The third-order valence-electron chi connectivity index (χ3n) is 4.43. The fourth-order valence-corrected chi connectivity index (χ4v) is 2.75. The summed E-state index contributed by atoms with van der Waals surface area (Å²) in [6.45, 7) is 6.74. The number of hydrogen-bond acceptors (Lipinski definition) is 10. The molecule has 1 aromatic carbocycles. The first-order chi connectivity index (χ1) is 16.3. The van der Waals surface area contributed by atoms with Crippen molar-refractivity contribution in [1.82, 2.24) is 4.57 Å². The van der Waals surface area contributed by atoms with Crippen LogP contribution in [0.2, 0.25) is 0 Å². The molecule has 0 spiro atoms. The molecule has 0 unspecified atom stereocenters. The minimum atomic E-state index is -0.815. The monoisotopic (exact) mass is 468 g/mol. The normalized spacial score (nSPS) is 10.6. The Labute approximate surface area is 195 Å². The molecule has 1 aromatic heterocycles. The summed E-state index contributed by atoms with van der Waals surface area (Å²) in [6, 6.07) is 7.73. The molecule has 0 radical (unpaired) electrons. The summed E-state index contributed by atoms with van der Waals surface area (Å²) in [6.07, 6.45) is 1.59. The van der Waals surface area contributed by atoms with E-state index in [0.717, 1.165) is 0 Å². The van der Waals surface area contributed by atoms with E-state index in [-0.39, 0.29) is 42.2 Å². The first kappa shape index (κ1) is 26.0. The van der Waals surface area contributed by atoms with Gasteiger partial charge in [-0.05, 0) is 38.1 Å². The van der Waals surface area contributed by atoms with Crippen LogP contribution in [0.25, 0.3) is 0 Å². The highest BCUT2D eigenvalue weighted by atomic mass is 16.6. The van der Waals surface area contributed by atoms with Crippen LogP contribution in [0.3, 0.4) is 0 Å². The number of esters is 2. The first-order valence-electron chi connectivity index (χ1n) is 10.2. The van der Waals surface area contributed by atoms with Crippen molar-refractivity contribution < 1.29 is 28.9 Å². The van der Waals surface area contributed by atoms with Crippen LogP contribution in [0.5, 0.6) is 5.88 Å². The molecule has 0 saturated heterocycles. The molecule has 1 N–H and O–H groups in total. The molecule has 0 amide bonds. The van der Waals surface area contributed by atoms with Gasteiger partial charge in [0.2, 0.25) is 5.88 Å². The SMILES string of the molecule is C=CCOCCOC(=O)c1ccc(N=Nc2c(C)c(C#N)c(O)n(CC(=O)OCC)c2=O)cc1. The zero-order chi connectivity index (χ0) is 25.1. The maximum Gasteiger partial charge on any atom is 0.338 e. The van der Waals surface area contributed by atoms with Gasteiger partial charge >= 0.3 is 11.9 Å². The lowest BCUT2D eigenvalue weighted by Crippen LogP contribution is -2.26. The number of nitrogens with zero attached hydrogens (tertiary/aromatic N) is 4. The van der Waals surface area contributed by atoms with Gasteiger partial charge in [-0.25, -0.2) is 4.79 Å². The van der Waals surface area contributed by atoms with Gasteiger partial charge in [0, 0.05) is 5.56 Å². The number of azo groups is 1. The number of rotatable bonds is 11. The van der Waals surface area contributed by atoms with Crippen LogP contribution >= 0.6 is 0 Å². The maximum atomic E-state index is 12.8. The summed E-state index contributed by atoms with van der Waals surface area (Å²) in [4.78, 5) is 36.7. The minimum absolute atomic E-state index is 0.0878. The van der Waals surface area contributed by atoms with Crippen molar-refractivity contribution in [2.45, 2.75) is 20.4 Å². The number of aromatic hydroxyl groups is 1. The Hall–Kier alpha value is -4.30. The van der Waals surface area contributed by atoms with Gasteiger partial charge in [-0.1, -0.05) is 6.08 Å². The van der Waals surface area contributed by atoms with Gasteiger partial charge < -0.3 is 19.3 Å². The van der Waals surface area contributed by atoms with Gasteiger partial charge in [-0.15, -0.1) is 11.7 Å². The predicted octanol–water partition coefficient (Wildman–Crippen LogP) is 3.07. The van der Waals surface area contributed by atoms with E-state index in [2.05, 4.69) is 16.8 Å². The second kappa shape index (κ2) is 12.7. The molecule has 178 valence electrons. The van der Waals surface area contributed by atoms with Crippen molar-refractivity contribution in [3.05, 3.63) is 64.0 Å². The van der Waals surface area contributed by atoms with E-state index >= 15 is 0 Å². The quantitative estimate of drug-likeness (QED) is 0.228. The van der Waals surface area contributed by atoms with Crippen LogP contribution in [-0.2, 0) is 25.5 Å². The summed E-state index contributed by atoms with van der Waals surface area (Å²) in [5, 5.41) is 27.6. The Balaban J connectivity index is 2.23. The van der Waals surface area contributed by atoms with Crippen molar-refractivity contribution in [3.63, 3.8) is 0 Å². The molecule has 2 aromatic rings. The summed E-state index contributed by atoms with van der Waals surface area (Å²) >= 11 is 0. The zero-order valence-electron chi connectivity index (χ0n) is 18.8. The Kier molecular flexibility index (Phi) is 9.67. The van der Waals surface area contributed by atoms with Gasteiger partial charge in [0.05, 0.1) is 31.1 Å². The highest BCUT2D eigenvalue weighted by Gasteiger charge is 2.21. The average molecular weight is 468 g/mol. The Morgan fingerprint density at radius 2 is 1.91 bits per heavy atom. The highest BCUT2D eigenvalue weighted by molar-refractivity contribution is 5.89. The summed E-state index contributed by atoms with van der Waals surface area (Å²) in [5.41, 5.74) is -0.549. The molecular formula is C23H24N4O7. The fourth-order valence-electron chi connectivity index (χ4n) is 2.75. The van der Waals surface area contributed by atoms with E-state index in [4.69, 9.17) is 14.2 Å². The van der Waals surface area contributed by atoms with E-state index in [1.165, 1.54) is 31.2 Å². The molecule has 0 bridgehead atoms. The molecular weight excluding hydrogens is 444 g/mol. The van der Waals surface area contributed by atoms with E-state index < -0.39 is 29.9 Å². The van der Waals surface area contributed by atoms with Gasteiger partial charge in [-0.2, -0.15) is 10.4 Å². The highest BCUT2D eigenvalue weighted by Crippen LogP contribution is 2.27. The molecule has 0 aliphatic heterocycles. The van der Waals surface area contributed by atoms with Crippen LogP contribution in [-0.4, -0.2) is 48.0 Å². The van der Waals surface area contributed by atoms with E-state index in [1.54, 1.807) is 19.1 Å². The van der Waals surface area contributed by atoms with Gasteiger partial charge in [-0.3, -0.25) is 14.2 Å². The number of aromatic nitrogens is 1. The molecule has 11 heteroatoms. The molecule has 0 aliphatic carbocycles. The van der Waals surface area contributed by atoms with E-state index in [1.807, 2.05) is 0 Å². The number of pyridine rings is 1. The molecule has 0 atom stereocenters. The van der Waals surface area contributed by atoms with Crippen LogP contribution in [0.1, 0.15) is 28.4 Å². The van der Waals surface area contributed by atoms with Crippen molar-refractivity contribution in [3.8, 4) is 11.9 Å². The third-order valence-corrected chi connectivity index (χ3v) is 4.43. The van der Waals surface area contributed by atoms with Gasteiger partial charge in [0.1, 0.15) is 24.8 Å². The Bertz CT molecular complexity index is 1180. The number of hydrogen-bond donors (Lipinski definition) is 1. The average Bonchev–Trinajstić information content (AvgIpc) is 2.82. The molecule has 2 rings (SSSR count). The molecule has 0 saturated carbocycles. The molecule has 11 nitrogen and oxygen atoms in total. The number of benzene rings is 1. The van der Waals surface area contributed by atoms with Crippen LogP contribution in [0, 0.1) is 18.3 Å². The van der Waals surface area contributed by atoms with E-state index in [9.17, 15) is 24.8 Å². The standard InChI is InChI=1S/C23H24N4O7/c1-4-10-32-11-12-34-23(31)16-6-8-17(9-7-16)25-26-20-15(3)18(13-24)21(29)27(22(20)30)14-19(28)33-5-2/h4,6-9,29H,1,5,10-12,14H2,2-3H3. The summed E-state index contributed by atoms with van der Waals surface area (Å²) < 4.78 is 15.7. The Morgan fingerprint density at radius 3 is 2.53 bits per heavy atom. The van der Waals surface area contributed by atoms with Crippen LogP contribution in [0.15, 0.2) is 51.9 Å². The maximum absolute atomic E-state index is 12.8. The lowest BCUT2D eigenvalue weighted by atomic mass is 10.1. The topological polar surface area (TPSA) is 153 Å². The summed E-state index contributed by atoms with van der Waals surface area (Å²) in [7, 11) is 0. The fraction of sp³-hybridized carbons (Fsp3) is 0.304. The van der Waals surface area contributed by atoms with Gasteiger partial charge in [0.25, 0.3) is 5.56 Å². The molecule has 34 heavy (non-hydrogen) atoms. The largest absolute Gasteiger partial charge is 0.493 e. The Morgan fingerprint density at radius 1 is 1.21 bits per heavy atom. The number of carbonyl (C=O) groups is 2. The van der Waals surface area contributed by atoms with Crippen molar-refractivity contribution >= 4 is 23.3 Å². The molecule has 0 aliphatic rings. The van der Waals surface area contributed by atoms with Crippen molar-refractivity contribution in [1.29, 1.82) is 5.26 Å². The second-order valence-corrected chi connectivity index (χ2v) is 6.73. The first-order valence-corrected chi connectivity index (χ1v) is 10.2. The van der Waals surface area contributed by atoms with Crippen molar-refractivity contribution in [2.75, 3.05) is 26.4 Å². The lowest BCUT2D eigenvalue weighted by Gasteiger charge is -2.12. The van der Waals surface area contributed by atoms with Crippen LogP contribution in [0.4, 0.5) is 11.4 Å². The van der Waals surface area contributed by atoms with E-state index in [0.29, 0.717) is 16.9 Å². The number of carbonyl (C=O) groups excluding carboxylic acids is 2. The molecule has 0 fully saturated rings. The second-order valence-electron chi connectivity index (χ2n) is 6.73.